The number of hydrogen-bond acceptors (Lipinski definition) is 7. The zero-order valence-corrected chi connectivity index (χ0v) is 17.6. The molecular formula is C23H21N5O4. The van der Waals surface area contributed by atoms with Crippen LogP contribution in [0, 0.1) is 23.2 Å². The van der Waals surface area contributed by atoms with Crippen LogP contribution < -0.4 is 0 Å². The van der Waals surface area contributed by atoms with Crippen molar-refractivity contribution in [3.63, 3.8) is 0 Å². The summed E-state index contributed by atoms with van der Waals surface area (Å²) in [6.45, 7) is 0.375. The molecule has 1 unspecified atom stereocenters. The number of hydrogen-bond donors (Lipinski definition) is 1. The molecular weight excluding hydrogens is 410 g/mol. The van der Waals surface area contributed by atoms with Crippen LogP contribution in [0.15, 0.2) is 36.5 Å². The van der Waals surface area contributed by atoms with Crippen molar-refractivity contribution in [2.75, 3.05) is 20.7 Å². The number of methoxy groups -OCH3 is 1. The molecule has 0 aliphatic carbocycles. The Balaban J connectivity index is 2.03. The highest BCUT2D eigenvalue weighted by Gasteiger charge is 2.19. The largest absolute Gasteiger partial charge is 0.464 e. The molecule has 162 valence electrons. The third-order valence-electron chi connectivity index (χ3n) is 4.64. The summed E-state index contributed by atoms with van der Waals surface area (Å²) in [6.07, 6.45) is 1.81. The van der Waals surface area contributed by atoms with Crippen molar-refractivity contribution >= 4 is 23.4 Å². The van der Waals surface area contributed by atoms with Gasteiger partial charge in [-0.2, -0.15) is 10.4 Å². The first-order chi connectivity index (χ1) is 15.5. The van der Waals surface area contributed by atoms with Gasteiger partial charge in [0.2, 0.25) is 6.41 Å². The van der Waals surface area contributed by atoms with E-state index in [-0.39, 0.29) is 12.1 Å². The summed E-state index contributed by atoms with van der Waals surface area (Å²) in [4.78, 5) is 28.6. The van der Waals surface area contributed by atoms with Crippen molar-refractivity contribution in [3.8, 4) is 23.6 Å². The Bertz CT molecular complexity index is 1250. The number of nitriles is 1. The number of benzene rings is 1. The summed E-state index contributed by atoms with van der Waals surface area (Å²) in [5, 5.41) is 24.2. The molecule has 0 aliphatic heterocycles. The van der Waals surface area contributed by atoms with Crippen molar-refractivity contribution in [1.82, 2.24) is 19.7 Å². The number of aromatic nitrogens is 3. The molecule has 1 atom stereocenters. The predicted octanol–water partition coefficient (Wildman–Crippen LogP) is 1.46. The van der Waals surface area contributed by atoms with Gasteiger partial charge in [0.25, 0.3) is 0 Å². The van der Waals surface area contributed by atoms with E-state index in [4.69, 9.17) is 10.00 Å². The molecule has 32 heavy (non-hydrogen) atoms. The normalized spacial score (nSPS) is 11.2. The third-order valence-corrected chi connectivity index (χ3v) is 4.64. The molecule has 0 saturated carbocycles. The van der Waals surface area contributed by atoms with Crippen molar-refractivity contribution < 1.29 is 19.4 Å². The highest BCUT2D eigenvalue weighted by Crippen LogP contribution is 2.23. The van der Waals surface area contributed by atoms with Gasteiger partial charge in [0.05, 0.1) is 30.7 Å². The number of fused-ring (bicyclic) bond motifs is 1. The number of amides is 1. The molecule has 0 spiro atoms. The first kappa shape index (κ1) is 22.5. The van der Waals surface area contributed by atoms with E-state index in [9.17, 15) is 14.7 Å². The van der Waals surface area contributed by atoms with Crippen molar-refractivity contribution in [2.45, 2.75) is 18.9 Å². The van der Waals surface area contributed by atoms with E-state index in [0.29, 0.717) is 47.2 Å². The monoisotopic (exact) mass is 431 g/mol. The van der Waals surface area contributed by atoms with Crippen LogP contribution in [0.25, 0.3) is 16.7 Å². The number of carbonyl (C=O) groups is 2. The lowest BCUT2D eigenvalue weighted by Gasteiger charge is -2.10. The molecule has 0 aliphatic rings. The number of pyridine rings is 1. The zero-order valence-electron chi connectivity index (χ0n) is 17.6. The van der Waals surface area contributed by atoms with Crippen LogP contribution in [0.2, 0.25) is 0 Å². The molecule has 2 aromatic heterocycles. The number of ether oxygens (including phenoxy) is 1. The second-order valence-electron chi connectivity index (χ2n) is 7.01. The van der Waals surface area contributed by atoms with E-state index in [1.54, 1.807) is 43.6 Å². The standard InChI is InChI=1S/C23H21N5O4/c1-27(15-29)11-8-19(30)6-5-16-12-17(7-9-24)14-18(13-16)28-22-20(4-3-10-25-22)21(26-28)23(31)32-2/h3-4,10,12-15,19,30H,7-8,11H2,1-2H3. The van der Waals surface area contributed by atoms with Crippen molar-refractivity contribution in [2.24, 2.45) is 0 Å². The smallest absolute Gasteiger partial charge is 0.359 e. The minimum absolute atomic E-state index is 0.128. The fourth-order valence-corrected chi connectivity index (χ4v) is 3.06. The van der Waals surface area contributed by atoms with Gasteiger partial charge in [-0.25, -0.2) is 14.5 Å². The maximum absolute atomic E-state index is 12.2. The topological polar surface area (TPSA) is 121 Å². The molecule has 1 aromatic carbocycles. The minimum Gasteiger partial charge on any atom is -0.464 e. The third kappa shape index (κ3) is 5.09. The van der Waals surface area contributed by atoms with E-state index in [1.165, 1.54) is 16.7 Å². The summed E-state index contributed by atoms with van der Waals surface area (Å²) >= 11 is 0. The van der Waals surface area contributed by atoms with Crippen LogP contribution in [0.5, 0.6) is 0 Å². The Kier molecular flexibility index (Phi) is 7.17. The quantitative estimate of drug-likeness (QED) is 0.341. The number of rotatable bonds is 7. The number of aliphatic hydroxyl groups is 1. The number of esters is 1. The summed E-state index contributed by atoms with van der Waals surface area (Å²) < 4.78 is 6.33. The maximum atomic E-state index is 12.2. The summed E-state index contributed by atoms with van der Waals surface area (Å²) in [5.74, 6) is 5.09. The van der Waals surface area contributed by atoms with E-state index in [2.05, 4.69) is 28.0 Å². The van der Waals surface area contributed by atoms with Crippen LogP contribution >= 0.6 is 0 Å². The van der Waals surface area contributed by atoms with Crippen LogP contribution in [-0.4, -0.2) is 64.0 Å². The Hall–Kier alpha value is -4.21. The number of nitrogens with zero attached hydrogens (tertiary/aromatic N) is 5. The van der Waals surface area contributed by atoms with Gasteiger partial charge in [0.1, 0.15) is 6.10 Å². The minimum atomic E-state index is -0.918. The fraction of sp³-hybridized carbons (Fsp3) is 0.261. The first-order valence-corrected chi connectivity index (χ1v) is 9.75. The second kappa shape index (κ2) is 10.2. The maximum Gasteiger partial charge on any atom is 0.359 e. The summed E-state index contributed by atoms with van der Waals surface area (Å²) in [5.41, 5.74) is 2.41. The van der Waals surface area contributed by atoms with Gasteiger partial charge in [-0.15, -0.1) is 0 Å². The van der Waals surface area contributed by atoms with Gasteiger partial charge >= 0.3 is 5.97 Å². The number of aliphatic hydroxyl groups excluding tert-OH is 1. The van der Waals surface area contributed by atoms with Crippen molar-refractivity contribution in [3.05, 3.63) is 53.3 Å². The Morgan fingerprint density at radius 1 is 1.41 bits per heavy atom. The first-order valence-electron chi connectivity index (χ1n) is 9.75. The van der Waals surface area contributed by atoms with Gasteiger partial charge < -0.3 is 14.7 Å². The van der Waals surface area contributed by atoms with E-state index < -0.39 is 12.1 Å². The Morgan fingerprint density at radius 2 is 2.22 bits per heavy atom. The molecule has 3 aromatic rings. The lowest BCUT2D eigenvalue weighted by molar-refractivity contribution is -0.117. The van der Waals surface area contributed by atoms with E-state index in [0.717, 1.165) is 0 Å². The van der Waals surface area contributed by atoms with Gasteiger partial charge in [0, 0.05) is 31.8 Å². The van der Waals surface area contributed by atoms with Crippen molar-refractivity contribution in [1.29, 1.82) is 5.26 Å². The van der Waals surface area contributed by atoms with Crippen LogP contribution in [0.1, 0.15) is 28.0 Å². The molecule has 2 heterocycles. The highest BCUT2D eigenvalue weighted by molar-refractivity contribution is 6.01. The molecule has 0 fully saturated rings. The van der Waals surface area contributed by atoms with Gasteiger partial charge in [-0.1, -0.05) is 11.8 Å². The fourth-order valence-electron chi connectivity index (χ4n) is 3.06. The molecule has 0 radical (unpaired) electrons. The zero-order chi connectivity index (χ0) is 23.1. The lowest BCUT2D eigenvalue weighted by atomic mass is 10.1. The SMILES string of the molecule is COC(=O)c1nn(-c2cc(C#CC(O)CCN(C)C=O)cc(CC#N)c2)c2ncccc12. The molecule has 9 heteroatoms. The average molecular weight is 431 g/mol. The van der Waals surface area contributed by atoms with Crippen LogP contribution in [-0.2, 0) is 16.0 Å². The molecule has 0 saturated heterocycles. The molecule has 9 nitrogen and oxygen atoms in total. The lowest BCUT2D eigenvalue weighted by Crippen LogP contribution is -2.21. The Morgan fingerprint density at radius 3 is 2.94 bits per heavy atom. The second-order valence-corrected chi connectivity index (χ2v) is 7.01. The van der Waals surface area contributed by atoms with E-state index in [1.807, 2.05) is 0 Å². The molecule has 3 rings (SSSR count). The van der Waals surface area contributed by atoms with E-state index >= 15 is 0 Å². The van der Waals surface area contributed by atoms with Crippen LogP contribution in [0.4, 0.5) is 0 Å². The molecule has 1 amide bonds. The molecule has 0 bridgehead atoms. The highest BCUT2D eigenvalue weighted by atomic mass is 16.5. The van der Waals surface area contributed by atoms with Gasteiger partial charge in [0.15, 0.2) is 11.3 Å². The van der Waals surface area contributed by atoms with Gasteiger partial charge in [-0.3, -0.25) is 4.79 Å². The summed E-state index contributed by atoms with van der Waals surface area (Å²) in [7, 11) is 2.90. The Labute approximate surface area is 184 Å². The van der Waals surface area contributed by atoms with Gasteiger partial charge in [-0.05, 0) is 35.9 Å². The summed E-state index contributed by atoms with van der Waals surface area (Å²) in [6, 6.07) is 10.8. The molecule has 1 N–H and O–H groups in total. The average Bonchev–Trinajstić information content (AvgIpc) is 3.20. The predicted molar refractivity (Wildman–Crippen MR) is 116 cm³/mol. The number of carbonyl (C=O) groups excluding carboxylic acids is 2. The van der Waals surface area contributed by atoms with Crippen LogP contribution in [0.3, 0.4) is 0 Å².